The van der Waals surface area contributed by atoms with Crippen LogP contribution in [0.5, 0.6) is 5.75 Å². The summed E-state index contributed by atoms with van der Waals surface area (Å²) in [4.78, 5) is 15.7. The van der Waals surface area contributed by atoms with Gasteiger partial charge in [-0.25, -0.2) is 8.42 Å². The van der Waals surface area contributed by atoms with Crippen molar-refractivity contribution in [3.8, 4) is 5.75 Å². The molecule has 2 fully saturated rings. The number of rotatable bonds is 6. The number of ether oxygens (including phenoxy) is 1. The topological polar surface area (TPSA) is 75.7 Å². The molecule has 0 unspecified atom stereocenters. The molecule has 2 aliphatic heterocycles. The molecule has 178 valence electrons. The Labute approximate surface area is 205 Å². The van der Waals surface area contributed by atoms with Crippen molar-refractivity contribution in [3.05, 3.63) is 52.5 Å². The SMILES string of the molecule is CC(C)(Oc1ccc(Cl)c(Cl)c1)C(=O)N[C@H]1C[C@H]2CC[C@@H](C1)N2c1ccc(S(C)(=O)=O)cc1. The van der Waals surface area contributed by atoms with Crippen LogP contribution in [0.2, 0.25) is 10.0 Å². The number of hydrogen-bond donors (Lipinski definition) is 1. The lowest BCUT2D eigenvalue weighted by Gasteiger charge is -2.41. The third-order valence-electron chi connectivity index (χ3n) is 6.44. The number of carbonyl (C=O) groups is 1. The number of piperidine rings is 1. The van der Waals surface area contributed by atoms with Gasteiger partial charge >= 0.3 is 0 Å². The zero-order chi connectivity index (χ0) is 24.0. The Bertz CT molecular complexity index is 1140. The molecular formula is C24H28Cl2N2O4S. The van der Waals surface area contributed by atoms with Crippen molar-refractivity contribution in [2.45, 2.75) is 68.2 Å². The van der Waals surface area contributed by atoms with Gasteiger partial charge in [-0.2, -0.15) is 0 Å². The van der Waals surface area contributed by atoms with E-state index in [2.05, 4.69) is 10.2 Å². The summed E-state index contributed by atoms with van der Waals surface area (Å²) >= 11 is 12.0. The highest BCUT2D eigenvalue weighted by Gasteiger charge is 2.42. The quantitative estimate of drug-likeness (QED) is 0.599. The summed E-state index contributed by atoms with van der Waals surface area (Å²) in [6.07, 6.45) is 4.98. The summed E-state index contributed by atoms with van der Waals surface area (Å²) < 4.78 is 29.4. The number of anilines is 1. The highest BCUT2D eigenvalue weighted by Crippen LogP contribution is 2.40. The van der Waals surface area contributed by atoms with Crippen LogP contribution in [0.15, 0.2) is 47.4 Å². The number of amides is 1. The summed E-state index contributed by atoms with van der Waals surface area (Å²) in [6, 6.07) is 12.7. The first-order chi connectivity index (χ1) is 15.4. The van der Waals surface area contributed by atoms with Crippen LogP contribution in [0, 0.1) is 0 Å². The van der Waals surface area contributed by atoms with E-state index in [-0.39, 0.29) is 11.9 Å². The molecule has 2 bridgehead atoms. The standard InChI is InChI=1S/C24H28Cl2N2O4S/c1-24(2,32-19-8-11-21(25)22(26)14-19)23(29)27-15-12-17-4-5-18(13-15)28(17)16-6-9-20(10-7-16)33(3,30)31/h6-11,14-15,17-18H,4-5,12-13H2,1-3H3,(H,27,29)/t15-,17+,18-. The Balaban J connectivity index is 1.40. The van der Waals surface area contributed by atoms with Crippen molar-refractivity contribution in [2.24, 2.45) is 0 Å². The first kappa shape index (κ1) is 24.2. The van der Waals surface area contributed by atoms with E-state index >= 15 is 0 Å². The molecule has 9 heteroatoms. The number of carbonyl (C=O) groups excluding carboxylic acids is 1. The number of nitrogens with zero attached hydrogens (tertiary/aromatic N) is 1. The lowest BCUT2D eigenvalue weighted by atomic mass is 9.95. The monoisotopic (exact) mass is 510 g/mol. The largest absolute Gasteiger partial charge is 0.478 e. The molecule has 2 saturated heterocycles. The minimum absolute atomic E-state index is 0.0539. The van der Waals surface area contributed by atoms with Gasteiger partial charge in [-0.15, -0.1) is 0 Å². The van der Waals surface area contributed by atoms with Gasteiger partial charge < -0.3 is 15.0 Å². The Hall–Kier alpha value is -1.96. The number of fused-ring (bicyclic) bond motifs is 2. The van der Waals surface area contributed by atoms with E-state index < -0.39 is 15.4 Å². The normalized spacial score (nSPS) is 22.8. The Morgan fingerprint density at radius 2 is 1.64 bits per heavy atom. The van der Waals surface area contributed by atoms with Crippen LogP contribution < -0.4 is 15.0 Å². The molecule has 0 aliphatic carbocycles. The minimum Gasteiger partial charge on any atom is -0.478 e. The molecule has 0 saturated carbocycles. The predicted octanol–water partition coefficient (Wildman–Crippen LogP) is 4.87. The predicted molar refractivity (Wildman–Crippen MR) is 131 cm³/mol. The average Bonchev–Trinajstić information content (AvgIpc) is 3.00. The molecule has 3 atom stereocenters. The highest BCUT2D eigenvalue weighted by atomic mass is 35.5. The number of sulfone groups is 1. The van der Waals surface area contributed by atoms with Crippen LogP contribution >= 0.6 is 23.2 Å². The smallest absolute Gasteiger partial charge is 0.263 e. The summed E-state index contributed by atoms with van der Waals surface area (Å²) in [6.45, 7) is 3.47. The van der Waals surface area contributed by atoms with Crippen molar-refractivity contribution in [1.29, 1.82) is 0 Å². The Morgan fingerprint density at radius 1 is 1.03 bits per heavy atom. The second-order valence-corrected chi connectivity index (χ2v) is 12.2. The van der Waals surface area contributed by atoms with E-state index in [0.717, 1.165) is 31.4 Å². The van der Waals surface area contributed by atoms with Gasteiger partial charge in [-0.1, -0.05) is 23.2 Å². The average molecular weight is 511 g/mol. The molecule has 2 aromatic carbocycles. The molecule has 33 heavy (non-hydrogen) atoms. The molecule has 0 spiro atoms. The first-order valence-electron chi connectivity index (χ1n) is 11.0. The molecule has 1 amide bonds. The van der Waals surface area contributed by atoms with Crippen molar-refractivity contribution in [1.82, 2.24) is 5.32 Å². The lowest BCUT2D eigenvalue weighted by molar-refractivity contribution is -0.135. The molecule has 2 aromatic rings. The number of nitrogens with one attached hydrogen (secondary N) is 1. The zero-order valence-corrected chi connectivity index (χ0v) is 21.2. The minimum atomic E-state index is -3.22. The summed E-state index contributed by atoms with van der Waals surface area (Å²) in [5.74, 6) is 0.306. The lowest BCUT2D eigenvalue weighted by Crippen LogP contribution is -2.55. The summed E-state index contributed by atoms with van der Waals surface area (Å²) in [5, 5.41) is 3.98. The van der Waals surface area contributed by atoms with Crippen LogP contribution in [0.3, 0.4) is 0 Å². The van der Waals surface area contributed by atoms with Crippen LogP contribution in [0.1, 0.15) is 39.5 Å². The first-order valence-corrected chi connectivity index (χ1v) is 13.6. The number of benzene rings is 2. The van der Waals surface area contributed by atoms with Gasteiger partial charge in [-0.05, 0) is 75.9 Å². The second-order valence-electron chi connectivity index (χ2n) is 9.39. The van der Waals surface area contributed by atoms with E-state index in [4.69, 9.17) is 27.9 Å². The van der Waals surface area contributed by atoms with Gasteiger partial charge in [0.25, 0.3) is 5.91 Å². The van der Waals surface area contributed by atoms with Crippen LogP contribution in [-0.4, -0.2) is 44.3 Å². The molecule has 2 aliphatic rings. The highest BCUT2D eigenvalue weighted by molar-refractivity contribution is 7.90. The van der Waals surface area contributed by atoms with Crippen molar-refractivity contribution in [3.63, 3.8) is 0 Å². The van der Waals surface area contributed by atoms with Crippen LogP contribution in [0.4, 0.5) is 5.69 Å². The third-order valence-corrected chi connectivity index (χ3v) is 8.31. The van der Waals surface area contributed by atoms with Crippen LogP contribution in [0.25, 0.3) is 0 Å². The number of hydrogen-bond acceptors (Lipinski definition) is 5. The van der Waals surface area contributed by atoms with E-state index in [0.29, 0.717) is 32.8 Å². The van der Waals surface area contributed by atoms with Crippen LogP contribution in [-0.2, 0) is 14.6 Å². The fourth-order valence-corrected chi connectivity index (χ4v) is 5.74. The molecule has 1 N–H and O–H groups in total. The van der Waals surface area contributed by atoms with Gasteiger partial charge in [0.15, 0.2) is 15.4 Å². The molecule has 2 heterocycles. The van der Waals surface area contributed by atoms with Gasteiger partial charge in [0.2, 0.25) is 0 Å². The molecule has 0 radical (unpaired) electrons. The molecule has 4 rings (SSSR count). The zero-order valence-electron chi connectivity index (χ0n) is 18.8. The Kier molecular flexibility index (Phi) is 6.60. The third kappa shape index (κ3) is 5.26. The summed E-state index contributed by atoms with van der Waals surface area (Å²) in [7, 11) is -3.22. The van der Waals surface area contributed by atoms with Gasteiger partial charge in [0, 0.05) is 36.1 Å². The molecular weight excluding hydrogens is 483 g/mol. The van der Waals surface area contributed by atoms with Gasteiger partial charge in [0.05, 0.1) is 14.9 Å². The maximum atomic E-state index is 13.0. The maximum Gasteiger partial charge on any atom is 0.263 e. The fraction of sp³-hybridized carbons (Fsp3) is 0.458. The van der Waals surface area contributed by atoms with Gasteiger partial charge in [0.1, 0.15) is 5.75 Å². The molecule has 6 nitrogen and oxygen atoms in total. The van der Waals surface area contributed by atoms with Gasteiger partial charge in [-0.3, -0.25) is 4.79 Å². The van der Waals surface area contributed by atoms with E-state index in [1.807, 2.05) is 12.1 Å². The van der Waals surface area contributed by atoms with Crippen molar-refractivity contribution in [2.75, 3.05) is 11.2 Å². The summed E-state index contributed by atoms with van der Waals surface area (Å²) in [5.41, 5.74) is -0.0441. The van der Waals surface area contributed by atoms with Crippen molar-refractivity contribution < 1.29 is 17.9 Å². The molecule has 0 aromatic heterocycles. The van der Waals surface area contributed by atoms with E-state index in [9.17, 15) is 13.2 Å². The second kappa shape index (κ2) is 9.01. The fourth-order valence-electron chi connectivity index (χ4n) is 4.82. The van der Waals surface area contributed by atoms with Crippen molar-refractivity contribution >= 4 is 44.6 Å². The van der Waals surface area contributed by atoms with E-state index in [1.165, 1.54) is 6.26 Å². The Morgan fingerprint density at radius 3 is 2.18 bits per heavy atom. The van der Waals surface area contributed by atoms with E-state index in [1.54, 1.807) is 44.2 Å². The number of halogens is 2. The maximum absolute atomic E-state index is 13.0.